The van der Waals surface area contributed by atoms with E-state index in [2.05, 4.69) is 55.8 Å². The highest BCUT2D eigenvalue weighted by Crippen LogP contribution is 2.29. The molecular weight excluding hydrogens is 314 g/mol. The zero-order valence-corrected chi connectivity index (χ0v) is 15.8. The first-order chi connectivity index (χ1) is 11.7. The molecule has 1 fully saturated rings. The highest BCUT2D eigenvalue weighted by molar-refractivity contribution is 5.74. The number of rotatable bonds is 2. The molecule has 0 bridgehead atoms. The Morgan fingerprint density at radius 3 is 2.68 bits per heavy atom. The summed E-state index contributed by atoms with van der Waals surface area (Å²) >= 11 is 0. The van der Waals surface area contributed by atoms with Gasteiger partial charge in [-0.1, -0.05) is 26.8 Å². The quantitative estimate of drug-likeness (QED) is 0.782. The van der Waals surface area contributed by atoms with Gasteiger partial charge in [0.05, 0.1) is 11.6 Å². The van der Waals surface area contributed by atoms with Crippen molar-refractivity contribution in [2.24, 2.45) is 12.5 Å². The van der Waals surface area contributed by atoms with E-state index in [4.69, 9.17) is 4.98 Å². The average Bonchev–Trinajstić information content (AvgIpc) is 3.17. The number of hydrogen-bond donors (Lipinski definition) is 0. The van der Waals surface area contributed by atoms with Crippen molar-refractivity contribution in [2.45, 2.75) is 33.4 Å². The van der Waals surface area contributed by atoms with E-state index in [0.29, 0.717) is 12.6 Å². The number of imidazole rings is 1. The first-order valence-corrected chi connectivity index (χ1v) is 8.95. The molecular formula is C19H27N5O. The summed E-state index contributed by atoms with van der Waals surface area (Å²) in [6, 6.07) is 4.62. The van der Waals surface area contributed by atoms with Gasteiger partial charge in [-0.3, -0.25) is 14.0 Å². The average molecular weight is 341 g/mol. The molecule has 1 saturated heterocycles. The molecule has 134 valence electrons. The summed E-state index contributed by atoms with van der Waals surface area (Å²) in [6.45, 7) is 10.1. The Kier molecular flexibility index (Phi) is 3.58. The van der Waals surface area contributed by atoms with Crippen LogP contribution in [0.2, 0.25) is 0 Å². The molecule has 0 amide bonds. The van der Waals surface area contributed by atoms with Gasteiger partial charge in [0, 0.05) is 33.2 Å². The van der Waals surface area contributed by atoms with Gasteiger partial charge in [0.15, 0.2) is 5.65 Å². The molecule has 6 nitrogen and oxygen atoms in total. The van der Waals surface area contributed by atoms with Crippen molar-refractivity contribution in [3.05, 3.63) is 34.3 Å². The van der Waals surface area contributed by atoms with Crippen LogP contribution in [0.5, 0.6) is 0 Å². The number of likely N-dealkylation sites (N-methyl/N-ethyl adjacent to an activating group) is 1. The molecule has 25 heavy (non-hydrogen) atoms. The van der Waals surface area contributed by atoms with E-state index >= 15 is 0 Å². The molecule has 0 radical (unpaired) electrons. The van der Waals surface area contributed by atoms with Crippen LogP contribution >= 0.6 is 0 Å². The number of aryl methyl sites for hydroxylation is 1. The van der Waals surface area contributed by atoms with Gasteiger partial charge in [-0.05, 0) is 30.2 Å². The van der Waals surface area contributed by atoms with Crippen LogP contribution in [0.1, 0.15) is 20.8 Å². The summed E-state index contributed by atoms with van der Waals surface area (Å²) in [7, 11) is 3.99. The summed E-state index contributed by atoms with van der Waals surface area (Å²) in [5, 5.41) is 0. The Morgan fingerprint density at radius 2 is 2.00 bits per heavy atom. The fourth-order valence-electron chi connectivity index (χ4n) is 3.97. The number of fused-ring (bicyclic) bond motifs is 2. The molecule has 0 aromatic carbocycles. The third-order valence-corrected chi connectivity index (χ3v) is 5.29. The van der Waals surface area contributed by atoms with Crippen molar-refractivity contribution < 1.29 is 0 Å². The predicted octanol–water partition coefficient (Wildman–Crippen LogP) is 1.84. The van der Waals surface area contributed by atoms with Crippen molar-refractivity contribution in [3.63, 3.8) is 0 Å². The fourth-order valence-corrected chi connectivity index (χ4v) is 3.97. The minimum Gasteiger partial charge on any atom is -0.351 e. The van der Waals surface area contributed by atoms with Gasteiger partial charge >= 0.3 is 5.69 Å². The van der Waals surface area contributed by atoms with Crippen LogP contribution in [-0.4, -0.2) is 51.7 Å². The maximum absolute atomic E-state index is 12.7. The standard InChI is InChI=1S/C19H27N5O/c1-19(2,3)12-24-14-6-7-16(20-17(14)22(5)18(24)25)23-10-13-8-9-21(4)15(13)11-23/h6-8,15H,9-12H2,1-5H3. The van der Waals surface area contributed by atoms with Crippen molar-refractivity contribution >= 4 is 17.0 Å². The Balaban J connectivity index is 1.72. The van der Waals surface area contributed by atoms with E-state index in [0.717, 1.165) is 36.6 Å². The molecule has 1 atom stereocenters. The van der Waals surface area contributed by atoms with Gasteiger partial charge in [-0.25, -0.2) is 9.78 Å². The molecule has 6 heteroatoms. The number of pyridine rings is 1. The number of anilines is 1. The summed E-state index contributed by atoms with van der Waals surface area (Å²) in [4.78, 5) is 22.2. The first-order valence-electron chi connectivity index (χ1n) is 8.95. The van der Waals surface area contributed by atoms with Crippen LogP contribution in [-0.2, 0) is 13.6 Å². The molecule has 4 heterocycles. The van der Waals surface area contributed by atoms with Gasteiger partial charge in [0.2, 0.25) is 0 Å². The van der Waals surface area contributed by atoms with Gasteiger partial charge in [0.25, 0.3) is 0 Å². The lowest BCUT2D eigenvalue weighted by Crippen LogP contribution is -2.32. The molecule has 1 unspecified atom stereocenters. The van der Waals surface area contributed by atoms with Crippen molar-refractivity contribution in [1.82, 2.24) is 19.0 Å². The Labute approximate surface area is 148 Å². The molecule has 2 aromatic rings. The maximum Gasteiger partial charge on any atom is 0.330 e. The second kappa shape index (κ2) is 5.46. The van der Waals surface area contributed by atoms with E-state index in [-0.39, 0.29) is 11.1 Å². The van der Waals surface area contributed by atoms with Crippen LogP contribution in [0.4, 0.5) is 5.82 Å². The van der Waals surface area contributed by atoms with E-state index in [1.807, 2.05) is 11.6 Å². The molecule has 0 spiro atoms. The highest BCUT2D eigenvalue weighted by atomic mass is 16.1. The summed E-state index contributed by atoms with van der Waals surface area (Å²) in [5.74, 6) is 0.958. The van der Waals surface area contributed by atoms with Crippen molar-refractivity contribution in [2.75, 3.05) is 31.6 Å². The molecule has 2 aliphatic heterocycles. The maximum atomic E-state index is 12.7. The SMILES string of the molecule is CN1CC=C2CN(c3ccc4c(n3)n(C)c(=O)n4CC(C)(C)C)CC21. The molecule has 4 rings (SSSR count). The first kappa shape index (κ1) is 16.4. The minimum atomic E-state index is 0.00954. The Morgan fingerprint density at radius 1 is 1.24 bits per heavy atom. The molecule has 0 N–H and O–H groups in total. The fraction of sp³-hybridized carbons (Fsp3) is 0.579. The third kappa shape index (κ3) is 2.68. The summed E-state index contributed by atoms with van der Waals surface area (Å²) in [6.07, 6.45) is 2.33. The van der Waals surface area contributed by atoms with Gasteiger partial charge in [0.1, 0.15) is 5.82 Å². The zero-order valence-electron chi connectivity index (χ0n) is 15.8. The van der Waals surface area contributed by atoms with E-state index in [9.17, 15) is 4.79 Å². The van der Waals surface area contributed by atoms with Crippen molar-refractivity contribution in [1.29, 1.82) is 0 Å². The van der Waals surface area contributed by atoms with Crippen LogP contribution in [0.3, 0.4) is 0 Å². The lowest BCUT2D eigenvalue weighted by Gasteiger charge is -2.21. The summed E-state index contributed by atoms with van der Waals surface area (Å²) in [5.41, 5.74) is 3.23. The predicted molar refractivity (Wildman–Crippen MR) is 101 cm³/mol. The lowest BCUT2D eigenvalue weighted by molar-refractivity contribution is 0.341. The van der Waals surface area contributed by atoms with E-state index in [1.165, 1.54) is 5.57 Å². The van der Waals surface area contributed by atoms with Gasteiger partial charge in [-0.15, -0.1) is 0 Å². The van der Waals surface area contributed by atoms with E-state index in [1.54, 1.807) is 4.57 Å². The normalized spacial score (nSPS) is 21.2. The number of hydrogen-bond acceptors (Lipinski definition) is 4. The highest BCUT2D eigenvalue weighted by Gasteiger charge is 2.34. The monoisotopic (exact) mass is 341 g/mol. The van der Waals surface area contributed by atoms with Crippen LogP contribution in [0.15, 0.2) is 28.6 Å². The van der Waals surface area contributed by atoms with Crippen LogP contribution in [0, 0.1) is 5.41 Å². The Bertz CT molecular complexity index is 914. The second-order valence-electron chi connectivity index (χ2n) is 8.62. The van der Waals surface area contributed by atoms with Crippen LogP contribution in [0.25, 0.3) is 11.2 Å². The van der Waals surface area contributed by atoms with Crippen LogP contribution < -0.4 is 10.6 Å². The zero-order chi connectivity index (χ0) is 17.9. The Hall–Kier alpha value is -2.08. The lowest BCUT2D eigenvalue weighted by atomic mass is 9.97. The summed E-state index contributed by atoms with van der Waals surface area (Å²) < 4.78 is 3.52. The largest absolute Gasteiger partial charge is 0.351 e. The van der Waals surface area contributed by atoms with Gasteiger partial charge in [-0.2, -0.15) is 0 Å². The topological polar surface area (TPSA) is 46.3 Å². The molecule has 2 aromatic heterocycles. The smallest absolute Gasteiger partial charge is 0.330 e. The second-order valence-corrected chi connectivity index (χ2v) is 8.62. The minimum absolute atomic E-state index is 0.00954. The van der Waals surface area contributed by atoms with Crippen molar-refractivity contribution in [3.8, 4) is 0 Å². The molecule has 0 saturated carbocycles. The molecule has 2 aliphatic rings. The number of aromatic nitrogens is 3. The third-order valence-electron chi connectivity index (χ3n) is 5.29. The number of nitrogens with zero attached hydrogens (tertiary/aromatic N) is 5. The molecule has 0 aliphatic carbocycles. The van der Waals surface area contributed by atoms with E-state index < -0.39 is 0 Å². The van der Waals surface area contributed by atoms with Gasteiger partial charge < -0.3 is 4.90 Å².